The van der Waals surface area contributed by atoms with Crippen LogP contribution < -0.4 is 0 Å². The molecule has 0 spiro atoms. The molecule has 0 radical (unpaired) electrons. The van der Waals surface area contributed by atoms with E-state index in [1.807, 2.05) is 29.2 Å². The Labute approximate surface area is 147 Å². The Balaban J connectivity index is 1.62. The first-order chi connectivity index (χ1) is 12.1. The van der Waals surface area contributed by atoms with Crippen LogP contribution in [0, 0.1) is 25.2 Å². The Morgan fingerprint density at radius 3 is 2.60 bits per heavy atom. The SMILES string of the molecule is Cc1noc(C)c1C(=O)N1CCCN(Cc2ccc(C#N)cc2)CC1. The number of nitrogens with zero attached hydrogens (tertiary/aromatic N) is 4. The van der Waals surface area contributed by atoms with Crippen molar-refractivity contribution in [1.29, 1.82) is 5.26 Å². The zero-order chi connectivity index (χ0) is 17.8. The predicted octanol–water partition coefficient (Wildman–Crippen LogP) is 2.51. The van der Waals surface area contributed by atoms with Gasteiger partial charge in [0.15, 0.2) is 0 Å². The molecule has 2 heterocycles. The van der Waals surface area contributed by atoms with Gasteiger partial charge in [0, 0.05) is 32.7 Å². The molecule has 0 saturated carbocycles. The lowest BCUT2D eigenvalue weighted by atomic mass is 10.1. The van der Waals surface area contributed by atoms with Crippen LogP contribution in [0.3, 0.4) is 0 Å². The minimum Gasteiger partial charge on any atom is -0.361 e. The van der Waals surface area contributed by atoms with Crippen molar-refractivity contribution in [2.75, 3.05) is 26.2 Å². The third-order valence-electron chi connectivity index (χ3n) is 4.61. The number of hydrogen-bond donors (Lipinski definition) is 0. The fraction of sp³-hybridized carbons (Fsp3) is 0.421. The molecule has 1 saturated heterocycles. The second-order valence-corrected chi connectivity index (χ2v) is 6.43. The van der Waals surface area contributed by atoms with Gasteiger partial charge in [0.2, 0.25) is 0 Å². The molecule has 130 valence electrons. The molecule has 0 aliphatic carbocycles. The highest BCUT2D eigenvalue weighted by molar-refractivity contribution is 5.96. The van der Waals surface area contributed by atoms with E-state index in [1.165, 1.54) is 5.56 Å². The average Bonchev–Trinajstić information content (AvgIpc) is 2.82. The molecular formula is C19H22N4O2. The fourth-order valence-corrected chi connectivity index (χ4v) is 3.22. The van der Waals surface area contributed by atoms with Crippen molar-refractivity contribution in [3.8, 4) is 6.07 Å². The molecule has 1 aliphatic rings. The molecule has 6 heteroatoms. The van der Waals surface area contributed by atoms with E-state index in [0.717, 1.165) is 32.6 Å². The van der Waals surface area contributed by atoms with Crippen LogP contribution in [0.5, 0.6) is 0 Å². The predicted molar refractivity (Wildman–Crippen MR) is 92.9 cm³/mol. The van der Waals surface area contributed by atoms with Gasteiger partial charge in [-0.25, -0.2) is 0 Å². The van der Waals surface area contributed by atoms with E-state index in [9.17, 15) is 4.79 Å². The maximum absolute atomic E-state index is 12.8. The van der Waals surface area contributed by atoms with E-state index in [-0.39, 0.29) is 5.91 Å². The van der Waals surface area contributed by atoms with Gasteiger partial charge in [0.05, 0.1) is 17.3 Å². The molecule has 0 unspecified atom stereocenters. The zero-order valence-electron chi connectivity index (χ0n) is 14.7. The standard InChI is InChI=1S/C19H22N4O2/c1-14-18(15(2)25-21-14)19(24)23-9-3-8-22(10-11-23)13-17-6-4-16(12-20)5-7-17/h4-7H,3,8-11,13H2,1-2H3. The summed E-state index contributed by atoms with van der Waals surface area (Å²) in [6, 6.07) is 9.83. The number of hydrogen-bond acceptors (Lipinski definition) is 5. The Kier molecular flexibility index (Phi) is 5.15. The van der Waals surface area contributed by atoms with Crippen LogP contribution in [0.1, 0.15) is 39.4 Å². The van der Waals surface area contributed by atoms with Crippen LogP contribution in [0.2, 0.25) is 0 Å². The first-order valence-corrected chi connectivity index (χ1v) is 8.52. The summed E-state index contributed by atoms with van der Waals surface area (Å²) in [7, 11) is 0. The van der Waals surface area contributed by atoms with Crippen LogP contribution in [-0.4, -0.2) is 47.0 Å². The van der Waals surface area contributed by atoms with E-state index < -0.39 is 0 Å². The van der Waals surface area contributed by atoms with Gasteiger partial charge in [0.1, 0.15) is 11.3 Å². The second kappa shape index (κ2) is 7.49. The highest BCUT2D eigenvalue weighted by atomic mass is 16.5. The molecule has 1 aromatic carbocycles. The Bertz CT molecular complexity index is 769. The topological polar surface area (TPSA) is 73.4 Å². The maximum Gasteiger partial charge on any atom is 0.259 e. The van der Waals surface area contributed by atoms with Crippen LogP contribution >= 0.6 is 0 Å². The van der Waals surface area contributed by atoms with Gasteiger partial charge in [-0.05, 0) is 38.0 Å². The summed E-state index contributed by atoms with van der Waals surface area (Å²) in [5.41, 5.74) is 3.11. The van der Waals surface area contributed by atoms with Gasteiger partial charge in [-0.1, -0.05) is 17.3 Å². The summed E-state index contributed by atoms with van der Waals surface area (Å²) < 4.78 is 5.13. The molecule has 1 fully saturated rings. The maximum atomic E-state index is 12.8. The van der Waals surface area contributed by atoms with Crippen molar-refractivity contribution in [3.05, 3.63) is 52.4 Å². The molecule has 1 amide bonds. The molecule has 1 aliphatic heterocycles. The quantitative estimate of drug-likeness (QED) is 0.860. The number of benzene rings is 1. The third-order valence-corrected chi connectivity index (χ3v) is 4.61. The molecule has 25 heavy (non-hydrogen) atoms. The van der Waals surface area contributed by atoms with Crippen LogP contribution in [0.25, 0.3) is 0 Å². The van der Waals surface area contributed by atoms with Gasteiger partial charge in [-0.2, -0.15) is 5.26 Å². The molecule has 0 bridgehead atoms. The lowest BCUT2D eigenvalue weighted by molar-refractivity contribution is 0.0758. The number of aromatic nitrogens is 1. The Hall–Kier alpha value is -2.65. The van der Waals surface area contributed by atoms with Crippen LogP contribution in [-0.2, 0) is 6.54 Å². The Morgan fingerprint density at radius 1 is 1.20 bits per heavy atom. The van der Waals surface area contributed by atoms with Crippen LogP contribution in [0.15, 0.2) is 28.8 Å². The number of amides is 1. The minimum atomic E-state index is 0.0106. The average molecular weight is 338 g/mol. The number of aryl methyl sites for hydroxylation is 2. The largest absolute Gasteiger partial charge is 0.361 e. The third kappa shape index (κ3) is 3.89. The number of nitriles is 1. The lowest BCUT2D eigenvalue weighted by Gasteiger charge is -2.22. The van der Waals surface area contributed by atoms with Gasteiger partial charge in [-0.15, -0.1) is 0 Å². The smallest absolute Gasteiger partial charge is 0.259 e. The molecular weight excluding hydrogens is 316 g/mol. The summed E-state index contributed by atoms with van der Waals surface area (Å²) in [6.45, 7) is 7.63. The Morgan fingerprint density at radius 2 is 1.96 bits per heavy atom. The number of rotatable bonds is 3. The van der Waals surface area contributed by atoms with Gasteiger partial charge >= 0.3 is 0 Å². The number of carbonyl (C=O) groups is 1. The molecule has 6 nitrogen and oxygen atoms in total. The van der Waals surface area contributed by atoms with Gasteiger partial charge in [0.25, 0.3) is 5.91 Å². The second-order valence-electron chi connectivity index (χ2n) is 6.43. The number of carbonyl (C=O) groups excluding carboxylic acids is 1. The summed E-state index contributed by atoms with van der Waals surface area (Å²) >= 11 is 0. The van der Waals surface area contributed by atoms with Crippen molar-refractivity contribution in [3.63, 3.8) is 0 Å². The molecule has 0 N–H and O–H groups in total. The summed E-state index contributed by atoms with van der Waals surface area (Å²) in [5, 5.41) is 12.8. The molecule has 1 aromatic heterocycles. The minimum absolute atomic E-state index is 0.0106. The highest BCUT2D eigenvalue weighted by Crippen LogP contribution is 2.17. The molecule has 2 aromatic rings. The van der Waals surface area contributed by atoms with Crippen LogP contribution in [0.4, 0.5) is 0 Å². The van der Waals surface area contributed by atoms with E-state index in [4.69, 9.17) is 9.78 Å². The fourth-order valence-electron chi connectivity index (χ4n) is 3.22. The summed E-state index contributed by atoms with van der Waals surface area (Å²) in [5.74, 6) is 0.595. The first kappa shape index (κ1) is 17.2. The monoisotopic (exact) mass is 338 g/mol. The van der Waals surface area contributed by atoms with Crippen molar-refractivity contribution < 1.29 is 9.32 Å². The summed E-state index contributed by atoms with van der Waals surface area (Å²) in [6.07, 6.45) is 0.936. The highest BCUT2D eigenvalue weighted by Gasteiger charge is 2.25. The van der Waals surface area contributed by atoms with Crippen molar-refractivity contribution in [2.24, 2.45) is 0 Å². The molecule has 3 rings (SSSR count). The zero-order valence-corrected chi connectivity index (χ0v) is 14.7. The van der Waals surface area contributed by atoms with Gasteiger partial charge in [-0.3, -0.25) is 9.69 Å². The van der Waals surface area contributed by atoms with Gasteiger partial charge < -0.3 is 9.42 Å². The normalized spacial score (nSPS) is 15.6. The van der Waals surface area contributed by atoms with Crippen molar-refractivity contribution in [2.45, 2.75) is 26.8 Å². The molecule has 0 atom stereocenters. The first-order valence-electron chi connectivity index (χ1n) is 8.52. The van der Waals surface area contributed by atoms with E-state index in [1.54, 1.807) is 13.8 Å². The van der Waals surface area contributed by atoms with E-state index >= 15 is 0 Å². The lowest BCUT2D eigenvalue weighted by Crippen LogP contribution is -2.35. The van der Waals surface area contributed by atoms with E-state index in [0.29, 0.717) is 29.1 Å². The summed E-state index contributed by atoms with van der Waals surface area (Å²) in [4.78, 5) is 17.0. The van der Waals surface area contributed by atoms with Crippen molar-refractivity contribution in [1.82, 2.24) is 15.0 Å². The van der Waals surface area contributed by atoms with Crippen molar-refractivity contribution >= 4 is 5.91 Å². The van der Waals surface area contributed by atoms with E-state index in [2.05, 4.69) is 16.1 Å².